The molecule has 0 spiro atoms. The highest BCUT2D eigenvalue weighted by atomic mass is 32.2. The first-order valence-corrected chi connectivity index (χ1v) is 10.5. The molecule has 6 heteroatoms. The second-order valence-electron chi connectivity index (χ2n) is 7.28. The summed E-state index contributed by atoms with van der Waals surface area (Å²) in [6.45, 7) is 4.96. The van der Waals surface area contributed by atoms with Crippen molar-refractivity contribution in [3.63, 3.8) is 0 Å². The van der Waals surface area contributed by atoms with Crippen LogP contribution in [0.15, 0.2) is 18.2 Å². The van der Waals surface area contributed by atoms with E-state index in [1.165, 1.54) is 42.7 Å². The number of thioether (sulfide) groups is 1. The predicted molar refractivity (Wildman–Crippen MR) is 109 cm³/mol. The lowest BCUT2D eigenvalue weighted by atomic mass is 9.82. The molecule has 0 saturated carbocycles. The number of benzene rings is 1. The molecule has 1 saturated heterocycles. The Morgan fingerprint density at radius 1 is 1.38 bits per heavy atom. The first-order valence-electron chi connectivity index (χ1n) is 9.50. The standard InChI is InChI=1S/C12H15NOS.C8H17NO2/c1-12-5-6-15-11(12)13(2)10-4-3-8(14)7-9(10)12;1-2-3-4-5-6-7-11-8(9)10/h3-4,7,11,14H,5-6H2,1-2H3;2-7H2,1H3,(H2,9,10). The van der Waals surface area contributed by atoms with Crippen LogP contribution in [0.3, 0.4) is 0 Å². The Balaban J connectivity index is 0.000000199. The molecule has 1 aromatic carbocycles. The van der Waals surface area contributed by atoms with Crippen LogP contribution < -0.4 is 10.6 Å². The molecule has 2 heterocycles. The summed E-state index contributed by atoms with van der Waals surface area (Å²) >= 11 is 2.03. The normalized spacial score (nSPS) is 23.0. The Labute approximate surface area is 161 Å². The quantitative estimate of drug-likeness (QED) is 0.705. The zero-order valence-corrected chi connectivity index (χ0v) is 17.0. The lowest BCUT2D eigenvalue weighted by Crippen LogP contribution is -2.34. The molecule has 2 atom stereocenters. The van der Waals surface area contributed by atoms with E-state index in [2.05, 4.69) is 30.5 Å². The van der Waals surface area contributed by atoms with Crippen LogP contribution in [0.5, 0.6) is 5.75 Å². The fraction of sp³-hybridized carbons (Fsp3) is 0.650. The highest BCUT2D eigenvalue weighted by Crippen LogP contribution is 2.55. The van der Waals surface area contributed by atoms with Gasteiger partial charge in [0.1, 0.15) is 5.75 Å². The van der Waals surface area contributed by atoms with E-state index in [0.717, 1.165) is 12.8 Å². The third kappa shape index (κ3) is 4.78. The van der Waals surface area contributed by atoms with Gasteiger partial charge in [0, 0.05) is 18.2 Å². The third-order valence-electron chi connectivity index (χ3n) is 5.26. The van der Waals surface area contributed by atoms with Gasteiger partial charge in [-0.3, -0.25) is 0 Å². The highest BCUT2D eigenvalue weighted by molar-refractivity contribution is 8.00. The Bertz CT molecular complexity index is 611. The second-order valence-corrected chi connectivity index (χ2v) is 8.47. The molecule has 2 aliphatic heterocycles. The Hall–Kier alpha value is -1.56. The van der Waals surface area contributed by atoms with Crippen molar-refractivity contribution in [2.24, 2.45) is 5.73 Å². The largest absolute Gasteiger partial charge is 0.508 e. The minimum absolute atomic E-state index is 0.230. The van der Waals surface area contributed by atoms with Crippen molar-refractivity contribution < 1.29 is 14.6 Å². The van der Waals surface area contributed by atoms with Gasteiger partial charge in [-0.2, -0.15) is 0 Å². The number of hydrogen-bond donors (Lipinski definition) is 2. The fourth-order valence-corrected chi connectivity index (χ4v) is 5.51. The summed E-state index contributed by atoms with van der Waals surface area (Å²) < 4.78 is 4.56. The SMILES string of the molecule is CCCCCCCOC(N)=O.CN1c2ccc(O)cc2C2(C)CCSC12. The van der Waals surface area contributed by atoms with E-state index >= 15 is 0 Å². The summed E-state index contributed by atoms with van der Waals surface area (Å²) in [5, 5.41) is 10.1. The number of fused-ring (bicyclic) bond motifs is 3. The molecule has 0 radical (unpaired) electrons. The Morgan fingerprint density at radius 3 is 2.81 bits per heavy atom. The lowest BCUT2D eigenvalue weighted by molar-refractivity contribution is 0.154. The summed E-state index contributed by atoms with van der Waals surface area (Å²) in [6, 6.07) is 5.76. The van der Waals surface area contributed by atoms with Gasteiger partial charge in [-0.15, -0.1) is 11.8 Å². The number of carbonyl (C=O) groups is 1. The van der Waals surface area contributed by atoms with E-state index in [0.29, 0.717) is 17.7 Å². The minimum atomic E-state index is -0.666. The number of likely N-dealkylation sites (N-methyl/N-ethyl adjacent to an activating group) is 1. The van der Waals surface area contributed by atoms with Crippen molar-refractivity contribution >= 4 is 23.5 Å². The number of phenolic OH excluding ortho intramolecular Hbond substituents is 1. The number of anilines is 1. The van der Waals surface area contributed by atoms with Crippen molar-refractivity contribution in [2.45, 2.75) is 63.2 Å². The van der Waals surface area contributed by atoms with Crippen LogP contribution in [0.2, 0.25) is 0 Å². The van der Waals surface area contributed by atoms with Gasteiger partial charge in [-0.05, 0) is 42.4 Å². The van der Waals surface area contributed by atoms with Crippen molar-refractivity contribution in [3.8, 4) is 5.75 Å². The molecule has 2 aliphatic rings. The van der Waals surface area contributed by atoms with Crippen LogP contribution in [0.1, 0.15) is 57.9 Å². The van der Waals surface area contributed by atoms with Crippen LogP contribution in [0.4, 0.5) is 10.5 Å². The number of phenols is 1. The zero-order valence-electron chi connectivity index (χ0n) is 16.2. The first-order chi connectivity index (χ1) is 12.4. The fourth-order valence-electron chi connectivity index (χ4n) is 3.79. The minimum Gasteiger partial charge on any atom is -0.508 e. The van der Waals surface area contributed by atoms with Crippen LogP contribution in [0, 0.1) is 0 Å². The van der Waals surface area contributed by atoms with E-state index in [-0.39, 0.29) is 5.41 Å². The van der Waals surface area contributed by atoms with Crippen LogP contribution >= 0.6 is 11.8 Å². The molecule has 0 bridgehead atoms. The van der Waals surface area contributed by atoms with Gasteiger partial charge in [-0.1, -0.05) is 39.5 Å². The monoisotopic (exact) mass is 380 g/mol. The summed E-state index contributed by atoms with van der Waals surface area (Å²) in [7, 11) is 2.16. The molecule has 146 valence electrons. The van der Waals surface area contributed by atoms with Gasteiger partial charge in [0.05, 0.1) is 12.0 Å². The average Bonchev–Trinajstić information content (AvgIpc) is 3.08. The Morgan fingerprint density at radius 2 is 2.12 bits per heavy atom. The molecule has 26 heavy (non-hydrogen) atoms. The smallest absolute Gasteiger partial charge is 0.404 e. The van der Waals surface area contributed by atoms with Gasteiger partial charge in [0.2, 0.25) is 0 Å². The van der Waals surface area contributed by atoms with E-state index < -0.39 is 6.09 Å². The van der Waals surface area contributed by atoms with E-state index in [4.69, 9.17) is 5.73 Å². The molecule has 3 rings (SSSR count). The number of amides is 1. The maximum absolute atomic E-state index is 10.1. The van der Waals surface area contributed by atoms with E-state index in [9.17, 15) is 9.90 Å². The molecule has 0 aromatic heterocycles. The second kappa shape index (κ2) is 9.40. The van der Waals surface area contributed by atoms with Gasteiger partial charge in [-0.25, -0.2) is 4.79 Å². The summed E-state index contributed by atoms with van der Waals surface area (Å²) in [6.07, 6.45) is 6.32. The van der Waals surface area contributed by atoms with Crippen molar-refractivity contribution in [2.75, 3.05) is 24.3 Å². The molecule has 3 N–H and O–H groups in total. The molecular weight excluding hydrogens is 348 g/mol. The van der Waals surface area contributed by atoms with Gasteiger partial charge in [0.25, 0.3) is 0 Å². The van der Waals surface area contributed by atoms with Gasteiger partial charge < -0.3 is 20.5 Å². The first kappa shape index (κ1) is 20.7. The number of hydrogen-bond acceptors (Lipinski definition) is 5. The van der Waals surface area contributed by atoms with Crippen LogP contribution in [0.25, 0.3) is 0 Å². The van der Waals surface area contributed by atoms with Gasteiger partial charge in [0.15, 0.2) is 0 Å². The Kier molecular flexibility index (Phi) is 7.50. The number of rotatable bonds is 6. The van der Waals surface area contributed by atoms with Crippen LogP contribution in [-0.4, -0.2) is 36.0 Å². The number of unbranched alkanes of at least 4 members (excludes halogenated alkanes) is 4. The number of aromatic hydroxyl groups is 1. The molecular formula is C20H32N2O3S. The van der Waals surface area contributed by atoms with Gasteiger partial charge >= 0.3 is 6.09 Å². The molecule has 5 nitrogen and oxygen atoms in total. The molecule has 1 aromatic rings. The zero-order chi connectivity index (χ0) is 19.2. The van der Waals surface area contributed by atoms with Crippen molar-refractivity contribution in [1.82, 2.24) is 0 Å². The third-order valence-corrected chi connectivity index (χ3v) is 6.85. The van der Waals surface area contributed by atoms with Crippen molar-refractivity contribution in [3.05, 3.63) is 23.8 Å². The summed E-state index contributed by atoms with van der Waals surface area (Å²) in [4.78, 5) is 12.4. The van der Waals surface area contributed by atoms with Crippen LogP contribution in [-0.2, 0) is 10.2 Å². The summed E-state index contributed by atoms with van der Waals surface area (Å²) in [5.74, 6) is 1.61. The van der Waals surface area contributed by atoms with E-state index in [1.807, 2.05) is 23.9 Å². The maximum Gasteiger partial charge on any atom is 0.404 e. The molecule has 1 fully saturated rings. The average molecular weight is 381 g/mol. The number of nitrogens with zero attached hydrogens (tertiary/aromatic N) is 1. The lowest BCUT2D eigenvalue weighted by Gasteiger charge is -2.27. The summed E-state index contributed by atoms with van der Waals surface area (Å²) in [5.41, 5.74) is 7.61. The molecule has 0 aliphatic carbocycles. The predicted octanol–water partition coefficient (Wildman–Crippen LogP) is 4.61. The number of primary amides is 1. The number of carbonyl (C=O) groups excluding carboxylic acids is 1. The number of nitrogens with two attached hydrogens (primary N) is 1. The molecule has 2 unspecified atom stereocenters. The topological polar surface area (TPSA) is 75.8 Å². The maximum atomic E-state index is 10.1. The van der Waals surface area contributed by atoms with Crippen molar-refractivity contribution in [1.29, 1.82) is 0 Å². The van der Waals surface area contributed by atoms with E-state index in [1.54, 1.807) is 6.07 Å². The molecule has 1 amide bonds. The number of ether oxygens (including phenoxy) is 1. The highest BCUT2D eigenvalue weighted by Gasteiger charge is 2.49.